The van der Waals surface area contributed by atoms with Gasteiger partial charge in [-0.25, -0.2) is 4.39 Å². The third kappa shape index (κ3) is 3.63. The summed E-state index contributed by atoms with van der Waals surface area (Å²) < 4.78 is 13.1. The van der Waals surface area contributed by atoms with E-state index >= 15 is 0 Å². The van der Waals surface area contributed by atoms with Crippen LogP contribution in [0.3, 0.4) is 0 Å². The second kappa shape index (κ2) is 5.86. The van der Waals surface area contributed by atoms with Crippen LogP contribution in [0.25, 0.3) is 0 Å². The highest BCUT2D eigenvalue weighted by molar-refractivity contribution is 5.20. The Bertz CT molecular complexity index is 298. The van der Waals surface area contributed by atoms with Gasteiger partial charge in [-0.2, -0.15) is 0 Å². The Labute approximate surface area is 91.7 Å². The second-order valence-corrected chi connectivity index (χ2v) is 3.99. The van der Waals surface area contributed by atoms with Gasteiger partial charge in [0.05, 0.1) is 0 Å². The van der Waals surface area contributed by atoms with E-state index in [2.05, 4.69) is 26.1 Å². The Kier molecular flexibility index (Phi) is 4.76. The molecule has 0 spiro atoms. The maximum Gasteiger partial charge on any atom is 0.123 e. The summed E-state index contributed by atoms with van der Waals surface area (Å²) in [5, 5.41) is 3.49. The number of benzene rings is 1. The molecule has 0 aliphatic rings. The first-order valence-corrected chi connectivity index (χ1v) is 5.68. The second-order valence-electron chi connectivity index (χ2n) is 3.99. The summed E-state index contributed by atoms with van der Waals surface area (Å²) in [7, 11) is 0. The fourth-order valence-electron chi connectivity index (χ4n) is 1.63. The van der Waals surface area contributed by atoms with Gasteiger partial charge in [0.15, 0.2) is 0 Å². The molecule has 84 valence electrons. The molecule has 1 N–H and O–H groups in total. The quantitative estimate of drug-likeness (QED) is 0.780. The van der Waals surface area contributed by atoms with Crippen molar-refractivity contribution in [2.24, 2.45) is 0 Å². The highest BCUT2D eigenvalue weighted by Crippen LogP contribution is 2.18. The molecule has 1 nitrogen and oxygen atoms in total. The molecule has 0 bridgehead atoms. The lowest BCUT2D eigenvalue weighted by Gasteiger charge is -2.21. The summed E-state index contributed by atoms with van der Waals surface area (Å²) in [6, 6.07) is 7.58. The number of rotatable bonds is 5. The summed E-state index contributed by atoms with van der Waals surface area (Å²) in [6.45, 7) is 6.42. The van der Waals surface area contributed by atoms with Gasteiger partial charge >= 0.3 is 0 Å². The highest BCUT2D eigenvalue weighted by atomic mass is 19.1. The maximum absolute atomic E-state index is 13.1. The molecular weight excluding hydrogens is 189 g/mol. The van der Waals surface area contributed by atoms with Crippen LogP contribution in [0.2, 0.25) is 0 Å². The van der Waals surface area contributed by atoms with Crippen molar-refractivity contribution in [2.75, 3.05) is 0 Å². The molecule has 0 aliphatic heterocycles. The van der Waals surface area contributed by atoms with Crippen molar-refractivity contribution in [1.29, 1.82) is 0 Å². The average Bonchev–Trinajstić information content (AvgIpc) is 2.25. The van der Waals surface area contributed by atoms with E-state index in [1.54, 1.807) is 12.1 Å². The molecule has 0 aliphatic carbocycles. The normalized spacial score (nSPS) is 14.9. The van der Waals surface area contributed by atoms with Gasteiger partial charge in [-0.1, -0.05) is 26.0 Å². The summed E-state index contributed by atoms with van der Waals surface area (Å²) in [5.41, 5.74) is 1.04. The first-order chi connectivity index (χ1) is 7.17. The summed E-state index contributed by atoms with van der Waals surface area (Å²) in [5.74, 6) is -0.156. The molecule has 2 unspecified atom stereocenters. The van der Waals surface area contributed by atoms with Crippen LogP contribution >= 0.6 is 0 Å². The van der Waals surface area contributed by atoms with Gasteiger partial charge in [0, 0.05) is 12.1 Å². The molecule has 0 radical (unpaired) electrons. The average molecular weight is 209 g/mol. The van der Waals surface area contributed by atoms with Crippen LogP contribution in [0.4, 0.5) is 4.39 Å². The molecule has 2 heteroatoms. The van der Waals surface area contributed by atoms with Crippen LogP contribution in [0, 0.1) is 5.82 Å². The van der Waals surface area contributed by atoms with Gasteiger partial charge in [0.1, 0.15) is 5.82 Å². The number of hydrogen-bond donors (Lipinski definition) is 1. The zero-order valence-corrected chi connectivity index (χ0v) is 9.76. The van der Waals surface area contributed by atoms with Crippen LogP contribution < -0.4 is 5.32 Å². The predicted molar refractivity (Wildman–Crippen MR) is 62.3 cm³/mol. The fourth-order valence-corrected chi connectivity index (χ4v) is 1.63. The van der Waals surface area contributed by atoms with E-state index < -0.39 is 0 Å². The lowest BCUT2D eigenvalue weighted by Crippen LogP contribution is -2.29. The van der Waals surface area contributed by atoms with Gasteiger partial charge in [-0.05, 0) is 37.5 Å². The van der Waals surface area contributed by atoms with Gasteiger partial charge in [-0.15, -0.1) is 0 Å². The zero-order valence-electron chi connectivity index (χ0n) is 9.76. The maximum atomic E-state index is 13.1. The van der Waals surface area contributed by atoms with Crippen molar-refractivity contribution in [3.05, 3.63) is 35.6 Å². The van der Waals surface area contributed by atoms with E-state index in [0.717, 1.165) is 18.4 Å². The molecule has 1 aromatic carbocycles. The first-order valence-electron chi connectivity index (χ1n) is 5.68. The minimum atomic E-state index is -0.156. The van der Waals surface area contributed by atoms with E-state index in [1.807, 2.05) is 6.07 Å². The van der Waals surface area contributed by atoms with E-state index in [0.29, 0.717) is 6.04 Å². The molecule has 0 heterocycles. The Morgan fingerprint density at radius 1 is 1.27 bits per heavy atom. The molecule has 0 fully saturated rings. The first kappa shape index (κ1) is 12.2. The molecule has 0 aromatic heterocycles. The van der Waals surface area contributed by atoms with Crippen LogP contribution in [-0.4, -0.2) is 6.04 Å². The van der Waals surface area contributed by atoms with E-state index in [1.165, 1.54) is 6.07 Å². The minimum Gasteiger partial charge on any atom is -0.307 e. The molecule has 1 rings (SSSR count). The Morgan fingerprint density at radius 3 is 2.53 bits per heavy atom. The van der Waals surface area contributed by atoms with Gasteiger partial charge < -0.3 is 5.32 Å². The molecule has 0 amide bonds. The minimum absolute atomic E-state index is 0.156. The number of nitrogens with one attached hydrogen (secondary N) is 1. The standard InChI is InChI=1S/C13H20FN/c1-4-10(3)15-13(5-2)11-7-6-8-12(14)9-11/h6-10,13,15H,4-5H2,1-3H3. The summed E-state index contributed by atoms with van der Waals surface area (Å²) in [4.78, 5) is 0. The van der Waals surface area contributed by atoms with Crippen molar-refractivity contribution in [1.82, 2.24) is 5.32 Å². The third-order valence-electron chi connectivity index (χ3n) is 2.76. The highest BCUT2D eigenvalue weighted by Gasteiger charge is 2.11. The Hall–Kier alpha value is -0.890. The van der Waals surface area contributed by atoms with Crippen molar-refractivity contribution in [3.8, 4) is 0 Å². The van der Waals surface area contributed by atoms with E-state index in [-0.39, 0.29) is 11.9 Å². The van der Waals surface area contributed by atoms with Crippen molar-refractivity contribution < 1.29 is 4.39 Å². The summed E-state index contributed by atoms with van der Waals surface area (Å²) in [6.07, 6.45) is 2.07. The van der Waals surface area contributed by atoms with Crippen molar-refractivity contribution in [2.45, 2.75) is 45.7 Å². The lowest BCUT2D eigenvalue weighted by atomic mass is 10.0. The van der Waals surface area contributed by atoms with E-state index in [4.69, 9.17) is 0 Å². The summed E-state index contributed by atoms with van der Waals surface area (Å²) >= 11 is 0. The molecule has 1 aromatic rings. The van der Waals surface area contributed by atoms with Gasteiger partial charge in [0.2, 0.25) is 0 Å². The fraction of sp³-hybridized carbons (Fsp3) is 0.538. The zero-order chi connectivity index (χ0) is 11.3. The van der Waals surface area contributed by atoms with Crippen LogP contribution in [0.5, 0.6) is 0 Å². The number of hydrogen-bond acceptors (Lipinski definition) is 1. The van der Waals surface area contributed by atoms with Crippen LogP contribution in [0.1, 0.15) is 45.2 Å². The smallest absolute Gasteiger partial charge is 0.123 e. The molecular formula is C13H20FN. The molecule has 0 saturated heterocycles. The predicted octanol–water partition coefficient (Wildman–Crippen LogP) is 3.66. The van der Waals surface area contributed by atoms with Crippen LogP contribution in [-0.2, 0) is 0 Å². The van der Waals surface area contributed by atoms with Gasteiger partial charge in [-0.3, -0.25) is 0 Å². The van der Waals surface area contributed by atoms with Crippen LogP contribution in [0.15, 0.2) is 24.3 Å². The van der Waals surface area contributed by atoms with Gasteiger partial charge in [0.25, 0.3) is 0 Å². The monoisotopic (exact) mass is 209 g/mol. The van der Waals surface area contributed by atoms with Crippen molar-refractivity contribution >= 4 is 0 Å². The molecule has 2 atom stereocenters. The topological polar surface area (TPSA) is 12.0 Å². The molecule has 15 heavy (non-hydrogen) atoms. The SMILES string of the molecule is CCC(C)NC(CC)c1cccc(F)c1. The number of halogens is 1. The Balaban J connectivity index is 2.73. The van der Waals surface area contributed by atoms with Crippen molar-refractivity contribution in [3.63, 3.8) is 0 Å². The van der Waals surface area contributed by atoms with E-state index in [9.17, 15) is 4.39 Å². The third-order valence-corrected chi connectivity index (χ3v) is 2.76. The largest absolute Gasteiger partial charge is 0.307 e. The molecule has 0 saturated carbocycles. The lowest BCUT2D eigenvalue weighted by molar-refractivity contribution is 0.436. The Morgan fingerprint density at radius 2 is 2.00 bits per heavy atom.